The highest BCUT2D eigenvalue weighted by atomic mass is 35.5. The van der Waals surface area contributed by atoms with Crippen LogP contribution in [0.4, 0.5) is 0 Å². The predicted molar refractivity (Wildman–Crippen MR) is 61.1 cm³/mol. The first-order valence-electron chi connectivity index (χ1n) is 4.94. The standard InChI is InChI=1S/C10H12ClN5/c1-12-6-10-13-14-15-16(10)7-8-4-2-3-5-9(8)11/h2-5,12H,6-7H2,1H3. The van der Waals surface area contributed by atoms with Crippen LogP contribution in [0, 0.1) is 0 Å². The van der Waals surface area contributed by atoms with E-state index in [0.29, 0.717) is 13.1 Å². The maximum absolute atomic E-state index is 6.07. The zero-order valence-corrected chi connectivity index (χ0v) is 9.65. The van der Waals surface area contributed by atoms with Crippen LogP contribution in [0.3, 0.4) is 0 Å². The minimum atomic E-state index is 0.587. The Morgan fingerprint density at radius 3 is 2.94 bits per heavy atom. The Morgan fingerprint density at radius 1 is 1.38 bits per heavy atom. The average Bonchev–Trinajstić information content (AvgIpc) is 2.70. The SMILES string of the molecule is CNCc1nnnn1Cc1ccccc1Cl. The summed E-state index contributed by atoms with van der Waals surface area (Å²) in [5.41, 5.74) is 1.01. The van der Waals surface area contributed by atoms with Gasteiger partial charge in [0.05, 0.1) is 13.1 Å². The molecule has 0 aliphatic heterocycles. The molecule has 1 N–H and O–H groups in total. The van der Waals surface area contributed by atoms with Gasteiger partial charge in [-0.1, -0.05) is 29.8 Å². The summed E-state index contributed by atoms with van der Waals surface area (Å²) in [5.74, 6) is 0.794. The number of hydrogen-bond acceptors (Lipinski definition) is 4. The van der Waals surface area contributed by atoms with Gasteiger partial charge < -0.3 is 5.32 Å². The van der Waals surface area contributed by atoms with Crippen molar-refractivity contribution in [3.63, 3.8) is 0 Å². The van der Waals surface area contributed by atoms with E-state index in [1.165, 1.54) is 0 Å². The molecule has 0 spiro atoms. The van der Waals surface area contributed by atoms with Crippen molar-refractivity contribution in [1.82, 2.24) is 25.5 Å². The van der Waals surface area contributed by atoms with Crippen LogP contribution in [0.5, 0.6) is 0 Å². The van der Waals surface area contributed by atoms with Gasteiger partial charge in [-0.2, -0.15) is 0 Å². The summed E-state index contributed by atoms with van der Waals surface area (Å²) in [7, 11) is 1.86. The van der Waals surface area contributed by atoms with Crippen molar-refractivity contribution in [2.75, 3.05) is 7.05 Å². The molecule has 1 heterocycles. The molecule has 0 saturated carbocycles. The van der Waals surface area contributed by atoms with Crippen molar-refractivity contribution in [3.05, 3.63) is 40.7 Å². The summed E-state index contributed by atoms with van der Waals surface area (Å²) in [4.78, 5) is 0. The quantitative estimate of drug-likeness (QED) is 0.865. The number of halogens is 1. The van der Waals surface area contributed by atoms with Crippen LogP contribution < -0.4 is 5.32 Å². The Kier molecular flexibility index (Phi) is 3.48. The molecule has 16 heavy (non-hydrogen) atoms. The molecule has 0 aliphatic rings. The largest absolute Gasteiger partial charge is 0.313 e. The molecule has 0 fully saturated rings. The molecule has 84 valence electrons. The summed E-state index contributed by atoms with van der Waals surface area (Å²) in [6.45, 7) is 1.22. The minimum absolute atomic E-state index is 0.587. The normalized spacial score (nSPS) is 10.6. The van der Waals surface area contributed by atoms with E-state index in [1.54, 1.807) is 4.68 Å². The highest BCUT2D eigenvalue weighted by molar-refractivity contribution is 6.31. The van der Waals surface area contributed by atoms with E-state index in [0.717, 1.165) is 16.4 Å². The van der Waals surface area contributed by atoms with Crippen LogP contribution in [0.25, 0.3) is 0 Å². The van der Waals surface area contributed by atoms with E-state index in [9.17, 15) is 0 Å². The van der Waals surface area contributed by atoms with Crippen molar-refractivity contribution >= 4 is 11.6 Å². The molecular weight excluding hydrogens is 226 g/mol. The lowest BCUT2D eigenvalue weighted by molar-refractivity contribution is 0.601. The van der Waals surface area contributed by atoms with E-state index in [-0.39, 0.29) is 0 Å². The second kappa shape index (κ2) is 5.05. The Bertz CT molecular complexity index is 468. The molecule has 0 amide bonds. The molecule has 2 aromatic rings. The molecule has 0 saturated heterocycles. The maximum atomic E-state index is 6.07. The van der Waals surface area contributed by atoms with Gasteiger partial charge >= 0.3 is 0 Å². The van der Waals surface area contributed by atoms with Gasteiger partial charge in [-0.3, -0.25) is 0 Å². The zero-order valence-electron chi connectivity index (χ0n) is 8.89. The van der Waals surface area contributed by atoms with Crippen LogP contribution in [0.2, 0.25) is 5.02 Å². The lowest BCUT2D eigenvalue weighted by Crippen LogP contribution is -2.14. The summed E-state index contributed by atoms with van der Waals surface area (Å²) < 4.78 is 1.73. The number of nitrogens with one attached hydrogen (secondary N) is 1. The fourth-order valence-corrected chi connectivity index (χ4v) is 1.61. The Morgan fingerprint density at radius 2 is 2.19 bits per heavy atom. The summed E-state index contributed by atoms with van der Waals surface area (Å²) in [6.07, 6.45) is 0. The molecule has 0 aliphatic carbocycles. The molecule has 2 rings (SSSR count). The Balaban J connectivity index is 2.20. The molecule has 5 nitrogen and oxygen atoms in total. The van der Waals surface area contributed by atoms with Crippen LogP contribution in [-0.4, -0.2) is 27.3 Å². The number of nitrogens with zero attached hydrogens (tertiary/aromatic N) is 4. The van der Waals surface area contributed by atoms with Crippen molar-refractivity contribution in [2.45, 2.75) is 13.1 Å². The number of benzene rings is 1. The molecule has 0 atom stereocenters. The Hall–Kier alpha value is -1.46. The van der Waals surface area contributed by atoms with Gasteiger partial charge in [-0.15, -0.1) is 5.10 Å². The summed E-state index contributed by atoms with van der Waals surface area (Å²) in [6, 6.07) is 7.68. The fraction of sp³-hybridized carbons (Fsp3) is 0.300. The first-order chi connectivity index (χ1) is 7.81. The summed E-state index contributed by atoms with van der Waals surface area (Å²) >= 11 is 6.07. The van der Waals surface area contributed by atoms with Crippen LogP contribution in [0.1, 0.15) is 11.4 Å². The second-order valence-electron chi connectivity index (χ2n) is 3.37. The van der Waals surface area contributed by atoms with E-state index in [1.807, 2.05) is 31.3 Å². The zero-order chi connectivity index (χ0) is 11.4. The monoisotopic (exact) mass is 237 g/mol. The smallest absolute Gasteiger partial charge is 0.165 e. The molecule has 0 radical (unpaired) electrons. The van der Waals surface area contributed by atoms with E-state index in [2.05, 4.69) is 20.8 Å². The second-order valence-corrected chi connectivity index (χ2v) is 3.78. The minimum Gasteiger partial charge on any atom is -0.313 e. The lowest BCUT2D eigenvalue weighted by Gasteiger charge is -2.05. The van der Waals surface area contributed by atoms with Gasteiger partial charge in [-0.25, -0.2) is 4.68 Å². The molecule has 1 aromatic carbocycles. The molecular formula is C10H12ClN5. The van der Waals surface area contributed by atoms with Gasteiger partial charge in [0.15, 0.2) is 5.82 Å². The van der Waals surface area contributed by atoms with E-state index >= 15 is 0 Å². The third kappa shape index (κ3) is 2.37. The van der Waals surface area contributed by atoms with Crippen molar-refractivity contribution < 1.29 is 0 Å². The van der Waals surface area contributed by atoms with E-state index < -0.39 is 0 Å². The van der Waals surface area contributed by atoms with Gasteiger partial charge in [0.2, 0.25) is 0 Å². The molecule has 0 unspecified atom stereocenters. The van der Waals surface area contributed by atoms with Crippen LogP contribution in [0.15, 0.2) is 24.3 Å². The van der Waals surface area contributed by atoms with Gasteiger partial charge in [0.25, 0.3) is 0 Å². The molecule has 6 heteroatoms. The van der Waals surface area contributed by atoms with Crippen molar-refractivity contribution in [2.24, 2.45) is 0 Å². The number of aromatic nitrogens is 4. The number of hydrogen-bond donors (Lipinski definition) is 1. The third-order valence-electron chi connectivity index (χ3n) is 2.22. The maximum Gasteiger partial charge on any atom is 0.165 e. The van der Waals surface area contributed by atoms with E-state index in [4.69, 9.17) is 11.6 Å². The number of rotatable bonds is 4. The average molecular weight is 238 g/mol. The van der Waals surface area contributed by atoms with Gasteiger partial charge in [0, 0.05) is 5.02 Å². The molecule has 0 bridgehead atoms. The van der Waals surface area contributed by atoms with Gasteiger partial charge in [0.1, 0.15) is 0 Å². The molecule has 1 aromatic heterocycles. The highest BCUT2D eigenvalue weighted by Gasteiger charge is 2.07. The van der Waals surface area contributed by atoms with Gasteiger partial charge in [-0.05, 0) is 29.1 Å². The first kappa shape index (κ1) is 11.0. The highest BCUT2D eigenvalue weighted by Crippen LogP contribution is 2.15. The number of tetrazole rings is 1. The predicted octanol–water partition coefficient (Wildman–Crippen LogP) is 1.09. The van der Waals surface area contributed by atoms with Crippen molar-refractivity contribution in [3.8, 4) is 0 Å². The summed E-state index contributed by atoms with van der Waals surface area (Å²) in [5, 5.41) is 15.2. The fourth-order valence-electron chi connectivity index (χ4n) is 1.42. The van der Waals surface area contributed by atoms with Crippen LogP contribution in [-0.2, 0) is 13.1 Å². The topological polar surface area (TPSA) is 55.6 Å². The lowest BCUT2D eigenvalue weighted by atomic mass is 10.2. The third-order valence-corrected chi connectivity index (χ3v) is 2.59. The first-order valence-corrected chi connectivity index (χ1v) is 5.32. The van der Waals surface area contributed by atoms with Crippen molar-refractivity contribution in [1.29, 1.82) is 0 Å². The van der Waals surface area contributed by atoms with Crippen LogP contribution >= 0.6 is 11.6 Å². The Labute approximate surface area is 98.4 Å².